The fourth-order valence-electron chi connectivity index (χ4n) is 1.25. The van der Waals surface area contributed by atoms with Gasteiger partial charge in [-0.15, -0.1) is 11.1 Å². The standard InChI is InChI=1S/2C7H3F4.Hf/c2*1-3-6(10)4(8)2-5(9)7(3)11;/h2*2H,1H2;/q2*-1;. The van der Waals surface area contributed by atoms with Crippen LogP contribution in [0.3, 0.4) is 0 Å². The quantitative estimate of drug-likeness (QED) is 0.208. The number of benzene rings is 2. The summed E-state index contributed by atoms with van der Waals surface area (Å²) in [5.74, 6) is -11.6. The summed E-state index contributed by atoms with van der Waals surface area (Å²) in [4.78, 5) is 0. The Balaban J connectivity index is 0.000000403. The van der Waals surface area contributed by atoms with E-state index in [4.69, 9.17) is 0 Å². The summed E-state index contributed by atoms with van der Waals surface area (Å²) in [6, 6.07) is 0.276. The molecule has 2 aromatic carbocycles. The average Bonchev–Trinajstić information content (AvgIpc) is 2.47. The van der Waals surface area contributed by atoms with Crippen molar-refractivity contribution in [2.24, 2.45) is 0 Å². The van der Waals surface area contributed by atoms with Crippen LogP contribution in [0.1, 0.15) is 11.1 Å². The fourth-order valence-corrected chi connectivity index (χ4v) is 1.25. The molecule has 124 valence electrons. The molecule has 0 atom stereocenters. The minimum atomic E-state index is -1.45. The van der Waals surface area contributed by atoms with Crippen molar-refractivity contribution in [1.29, 1.82) is 0 Å². The Morgan fingerprint density at radius 1 is 0.478 bits per heavy atom. The molecule has 0 nitrogen and oxygen atoms in total. The van der Waals surface area contributed by atoms with E-state index >= 15 is 0 Å². The van der Waals surface area contributed by atoms with Gasteiger partial charge in [-0.05, 0) is 12.1 Å². The van der Waals surface area contributed by atoms with Gasteiger partial charge in [0, 0.05) is 25.8 Å². The van der Waals surface area contributed by atoms with Crippen LogP contribution in [0.2, 0.25) is 0 Å². The van der Waals surface area contributed by atoms with E-state index in [2.05, 4.69) is 13.8 Å². The Bertz CT molecular complexity index is 601. The molecule has 2 rings (SSSR count). The molecular formula is C14H6F8Hf-2. The van der Waals surface area contributed by atoms with E-state index in [1.807, 2.05) is 0 Å². The van der Waals surface area contributed by atoms with Crippen LogP contribution in [-0.2, 0) is 25.8 Å². The molecule has 0 aromatic heterocycles. The largest absolute Gasteiger partial charge is 0.281 e. The van der Waals surface area contributed by atoms with Gasteiger partial charge in [0.05, 0.1) is 23.3 Å². The third-order valence-corrected chi connectivity index (χ3v) is 2.41. The summed E-state index contributed by atoms with van der Waals surface area (Å²) < 4.78 is 98.1. The third-order valence-electron chi connectivity index (χ3n) is 2.41. The van der Waals surface area contributed by atoms with Gasteiger partial charge in [-0.1, -0.05) is 0 Å². The third kappa shape index (κ3) is 4.73. The van der Waals surface area contributed by atoms with E-state index in [1.54, 1.807) is 0 Å². The first-order chi connectivity index (χ1) is 10.1. The van der Waals surface area contributed by atoms with Crippen LogP contribution in [0.5, 0.6) is 0 Å². The maximum atomic E-state index is 12.3. The maximum Gasteiger partial charge on any atom is 0.105 e. The molecule has 9 heteroatoms. The molecule has 0 aliphatic carbocycles. The van der Waals surface area contributed by atoms with Gasteiger partial charge >= 0.3 is 0 Å². The van der Waals surface area contributed by atoms with E-state index in [0.717, 1.165) is 0 Å². The zero-order valence-electron chi connectivity index (χ0n) is 11.1. The molecule has 0 aliphatic rings. The summed E-state index contributed by atoms with van der Waals surface area (Å²) in [5, 5.41) is 0. The van der Waals surface area contributed by atoms with Gasteiger partial charge in [0.25, 0.3) is 0 Å². The molecule has 0 saturated heterocycles. The van der Waals surface area contributed by atoms with E-state index < -0.39 is 57.7 Å². The predicted molar refractivity (Wildman–Crippen MR) is 61.5 cm³/mol. The molecule has 0 radical (unpaired) electrons. The number of hydrogen-bond donors (Lipinski definition) is 0. The van der Waals surface area contributed by atoms with Gasteiger partial charge in [0.2, 0.25) is 0 Å². The zero-order chi connectivity index (χ0) is 17.2. The van der Waals surface area contributed by atoms with Crippen LogP contribution in [0.25, 0.3) is 0 Å². The second-order valence-electron chi connectivity index (χ2n) is 3.89. The van der Waals surface area contributed by atoms with E-state index in [0.29, 0.717) is 0 Å². The van der Waals surface area contributed by atoms with Crippen LogP contribution < -0.4 is 0 Å². The summed E-state index contributed by atoms with van der Waals surface area (Å²) >= 11 is 0. The van der Waals surface area contributed by atoms with Gasteiger partial charge < -0.3 is 0 Å². The summed E-state index contributed by atoms with van der Waals surface area (Å²) in [5.41, 5.74) is -1.77. The fraction of sp³-hybridized carbons (Fsp3) is 0. The Morgan fingerprint density at radius 2 is 0.652 bits per heavy atom. The van der Waals surface area contributed by atoms with Gasteiger partial charge in [-0.25, -0.2) is 17.6 Å². The Morgan fingerprint density at radius 3 is 0.826 bits per heavy atom. The van der Waals surface area contributed by atoms with Crippen molar-refractivity contribution in [3.8, 4) is 0 Å². The van der Waals surface area contributed by atoms with Crippen molar-refractivity contribution >= 4 is 0 Å². The number of hydrogen-bond acceptors (Lipinski definition) is 0. The molecule has 0 heterocycles. The van der Waals surface area contributed by atoms with E-state index in [9.17, 15) is 35.1 Å². The molecule has 0 unspecified atom stereocenters. The first kappa shape index (κ1) is 21.5. The molecule has 0 fully saturated rings. The molecule has 0 bridgehead atoms. The van der Waals surface area contributed by atoms with Gasteiger partial charge in [-0.3, -0.25) is 17.6 Å². The van der Waals surface area contributed by atoms with E-state index in [1.165, 1.54) is 0 Å². The minimum absolute atomic E-state index is 0. The summed E-state index contributed by atoms with van der Waals surface area (Å²) in [6.45, 7) is 5.62. The first-order valence-corrected chi connectivity index (χ1v) is 5.37. The summed E-state index contributed by atoms with van der Waals surface area (Å²) in [6.07, 6.45) is 0. The Labute approximate surface area is 144 Å². The van der Waals surface area contributed by atoms with Crippen molar-refractivity contribution in [3.63, 3.8) is 0 Å². The van der Waals surface area contributed by atoms with E-state index in [-0.39, 0.29) is 38.0 Å². The normalized spacial score (nSPS) is 9.74. The van der Waals surface area contributed by atoms with Crippen molar-refractivity contribution in [3.05, 3.63) is 83.6 Å². The molecular weight excluding hydrogens is 499 g/mol. The topological polar surface area (TPSA) is 0 Å². The second-order valence-corrected chi connectivity index (χ2v) is 3.89. The second kappa shape index (κ2) is 8.37. The molecule has 2 aromatic rings. The first-order valence-electron chi connectivity index (χ1n) is 5.37. The number of halogens is 8. The minimum Gasteiger partial charge on any atom is -0.281 e. The van der Waals surface area contributed by atoms with Crippen molar-refractivity contribution in [1.82, 2.24) is 0 Å². The average molecular weight is 505 g/mol. The Hall–Kier alpha value is -1.51. The zero-order valence-corrected chi connectivity index (χ0v) is 14.7. The van der Waals surface area contributed by atoms with Gasteiger partial charge in [-0.2, -0.15) is 13.8 Å². The number of rotatable bonds is 0. The van der Waals surface area contributed by atoms with Crippen LogP contribution in [-0.4, -0.2) is 0 Å². The molecule has 23 heavy (non-hydrogen) atoms. The van der Waals surface area contributed by atoms with Gasteiger partial charge in [0.15, 0.2) is 0 Å². The van der Waals surface area contributed by atoms with Crippen LogP contribution in [0.15, 0.2) is 12.1 Å². The van der Waals surface area contributed by atoms with Crippen LogP contribution in [0, 0.1) is 60.4 Å². The van der Waals surface area contributed by atoms with Crippen LogP contribution >= 0.6 is 0 Å². The monoisotopic (exact) mass is 506 g/mol. The molecule has 0 spiro atoms. The molecule has 0 amide bonds. The predicted octanol–water partition coefficient (Wildman–Crippen LogP) is 4.85. The summed E-state index contributed by atoms with van der Waals surface area (Å²) in [7, 11) is 0. The molecule has 0 saturated carbocycles. The Kier molecular flexibility index (Phi) is 7.82. The van der Waals surface area contributed by atoms with Crippen molar-refractivity contribution in [2.75, 3.05) is 0 Å². The molecule has 0 aliphatic heterocycles. The van der Waals surface area contributed by atoms with Crippen molar-refractivity contribution in [2.45, 2.75) is 0 Å². The van der Waals surface area contributed by atoms with Crippen molar-refractivity contribution < 1.29 is 61.0 Å². The van der Waals surface area contributed by atoms with Gasteiger partial charge in [0.1, 0.15) is 23.3 Å². The molecule has 0 N–H and O–H groups in total. The SMILES string of the molecule is [CH2-]c1c(F)c(F)cc(F)c1F.[CH2-]c1c(F)c(F)cc(F)c1F.[Hf]. The smallest absolute Gasteiger partial charge is 0.105 e. The maximum absolute atomic E-state index is 12.3. The van der Waals surface area contributed by atoms with Crippen LogP contribution in [0.4, 0.5) is 35.1 Å².